The number of hydrogen-bond acceptors (Lipinski definition) is 4. The summed E-state index contributed by atoms with van der Waals surface area (Å²) in [6, 6.07) is 14.3. The molecular formula is C26H32N2O5. The number of carboxylic acids is 1. The van der Waals surface area contributed by atoms with Crippen LogP contribution < -0.4 is 10.6 Å². The number of aliphatic carboxylic acids is 1. The highest BCUT2D eigenvalue weighted by Gasteiger charge is 2.30. The summed E-state index contributed by atoms with van der Waals surface area (Å²) < 4.78 is 5.54. The van der Waals surface area contributed by atoms with Crippen LogP contribution in [0.2, 0.25) is 0 Å². The van der Waals surface area contributed by atoms with Crippen LogP contribution in [0.15, 0.2) is 48.5 Å². The molecule has 1 aliphatic carbocycles. The lowest BCUT2D eigenvalue weighted by Crippen LogP contribution is -2.52. The van der Waals surface area contributed by atoms with Gasteiger partial charge in [-0.2, -0.15) is 0 Å². The van der Waals surface area contributed by atoms with Crippen LogP contribution >= 0.6 is 0 Å². The number of hydrogen-bond donors (Lipinski definition) is 3. The molecule has 3 N–H and O–H groups in total. The van der Waals surface area contributed by atoms with Gasteiger partial charge in [-0.1, -0.05) is 75.7 Å². The highest BCUT2D eigenvalue weighted by atomic mass is 16.5. The zero-order valence-corrected chi connectivity index (χ0v) is 19.3. The first-order valence-corrected chi connectivity index (χ1v) is 11.5. The third-order valence-corrected chi connectivity index (χ3v) is 5.85. The molecule has 0 saturated carbocycles. The molecule has 0 heterocycles. The van der Waals surface area contributed by atoms with Crippen molar-refractivity contribution < 1.29 is 24.2 Å². The number of carbonyl (C=O) groups excluding carboxylic acids is 2. The van der Waals surface area contributed by atoms with Gasteiger partial charge in [-0.05, 0) is 41.0 Å². The molecule has 2 amide bonds. The van der Waals surface area contributed by atoms with E-state index < -0.39 is 30.1 Å². The maximum atomic E-state index is 12.7. The van der Waals surface area contributed by atoms with E-state index in [1.807, 2.05) is 57.2 Å². The molecule has 176 valence electrons. The van der Waals surface area contributed by atoms with Gasteiger partial charge in [0, 0.05) is 5.92 Å². The average Bonchev–Trinajstić information content (AvgIpc) is 3.10. The minimum absolute atomic E-state index is 0.0796. The number of carbonyl (C=O) groups is 3. The summed E-state index contributed by atoms with van der Waals surface area (Å²) in [4.78, 5) is 36.8. The molecule has 0 bridgehead atoms. The van der Waals surface area contributed by atoms with Crippen molar-refractivity contribution in [3.8, 4) is 11.1 Å². The number of ether oxygens (including phenoxy) is 1. The second-order valence-corrected chi connectivity index (χ2v) is 8.84. The largest absolute Gasteiger partial charge is 0.480 e. The molecule has 7 heteroatoms. The smallest absolute Gasteiger partial charge is 0.407 e. The Kier molecular flexibility index (Phi) is 8.09. The van der Waals surface area contributed by atoms with E-state index >= 15 is 0 Å². The van der Waals surface area contributed by atoms with Crippen molar-refractivity contribution in [1.82, 2.24) is 10.6 Å². The minimum Gasteiger partial charge on any atom is -0.480 e. The van der Waals surface area contributed by atoms with Crippen LogP contribution in [0.1, 0.15) is 57.1 Å². The Morgan fingerprint density at radius 1 is 0.939 bits per heavy atom. The minimum atomic E-state index is -1.09. The predicted molar refractivity (Wildman–Crippen MR) is 126 cm³/mol. The van der Waals surface area contributed by atoms with E-state index in [1.54, 1.807) is 0 Å². The molecule has 3 rings (SSSR count). The molecule has 0 radical (unpaired) electrons. The molecule has 0 aromatic heterocycles. The van der Waals surface area contributed by atoms with Gasteiger partial charge in [0.05, 0.1) is 0 Å². The Morgan fingerprint density at radius 3 is 2.03 bits per heavy atom. The van der Waals surface area contributed by atoms with E-state index in [0.29, 0.717) is 19.3 Å². The SMILES string of the molecule is CCC[C@H](NC(=O)OCC1c2ccccc2-c2ccccc21)C(=O)NC(CC(C)C)C(=O)O. The molecule has 7 nitrogen and oxygen atoms in total. The van der Waals surface area contributed by atoms with Crippen LogP contribution in [0, 0.1) is 5.92 Å². The second kappa shape index (κ2) is 11.0. The van der Waals surface area contributed by atoms with Crippen molar-refractivity contribution in [2.75, 3.05) is 6.61 Å². The number of alkyl carbamates (subject to hydrolysis) is 1. The Morgan fingerprint density at radius 2 is 1.52 bits per heavy atom. The van der Waals surface area contributed by atoms with Gasteiger partial charge in [0.2, 0.25) is 5.91 Å². The number of carboxylic acid groups (broad SMARTS) is 1. The molecule has 2 aromatic rings. The van der Waals surface area contributed by atoms with Crippen molar-refractivity contribution in [1.29, 1.82) is 0 Å². The van der Waals surface area contributed by atoms with E-state index in [4.69, 9.17) is 4.74 Å². The quantitative estimate of drug-likeness (QED) is 0.498. The van der Waals surface area contributed by atoms with Gasteiger partial charge >= 0.3 is 12.1 Å². The fraction of sp³-hybridized carbons (Fsp3) is 0.423. The van der Waals surface area contributed by atoms with Crippen molar-refractivity contribution in [3.05, 3.63) is 59.7 Å². The lowest BCUT2D eigenvalue weighted by atomic mass is 9.98. The highest BCUT2D eigenvalue weighted by Crippen LogP contribution is 2.44. The third kappa shape index (κ3) is 5.92. The Hall–Kier alpha value is -3.35. The standard InChI is InChI=1S/C26H32N2O5/c1-4-9-22(24(29)27-23(25(30)31)14-16(2)3)28-26(32)33-15-21-19-12-7-5-10-17(19)18-11-6-8-13-20(18)21/h5-8,10-13,16,21-23H,4,9,14-15H2,1-3H3,(H,27,29)(H,28,32)(H,30,31)/t22-,23?/m0/s1. The molecule has 0 saturated heterocycles. The van der Waals surface area contributed by atoms with Crippen molar-refractivity contribution in [3.63, 3.8) is 0 Å². The van der Waals surface area contributed by atoms with Crippen LogP contribution in [-0.2, 0) is 14.3 Å². The lowest BCUT2D eigenvalue weighted by molar-refractivity contribution is -0.142. The number of amides is 2. The first-order chi connectivity index (χ1) is 15.8. The van der Waals surface area contributed by atoms with Crippen molar-refractivity contribution >= 4 is 18.0 Å². The molecule has 2 aromatic carbocycles. The Balaban J connectivity index is 1.64. The summed E-state index contributed by atoms with van der Waals surface area (Å²) in [7, 11) is 0. The second-order valence-electron chi connectivity index (χ2n) is 8.84. The molecule has 0 spiro atoms. The summed E-state index contributed by atoms with van der Waals surface area (Å²) in [6.45, 7) is 5.81. The molecule has 2 atom stereocenters. The van der Waals surface area contributed by atoms with Crippen molar-refractivity contribution in [2.24, 2.45) is 5.92 Å². The molecular weight excluding hydrogens is 420 g/mol. The van der Waals surface area contributed by atoms with E-state index in [0.717, 1.165) is 22.3 Å². The predicted octanol–water partition coefficient (Wildman–Crippen LogP) is 4.31. The van der Waals surface area contributed by atoms with Gasteiger partial charge < -0.3 is 20.5 Å². The summed E-state index contributed by atoms with van der Waals surface area (Å²) in [5, 5.41) is 14.6. The molecule has 1 aliphatic rings. The molecule has 0 fully saturated rings. The van der Waals surface area contributed by atoms with Gasteiger partial charge in [-0.15, -0.1) is 0 Å². The summed E-state index contributed by atoms with van der Waals surface area (Å²) in [5.74, 6) is -1.58. The van der Waals surface area contributed by atoms with E-state index in [1.165, 1.54) is 0 Å². The average molecular weight is 453 g/mol. The zero-order valence-electron chi connectivity index (χ0n) is 19.3. The number of benzene rings is 2. The van der Waals surface area contributed by atoms with Crippen LogP contribution in [0.4, 0.5) is 4.79 Å². The fourth-order valence-electron chi connectivity index (χ4n) is 4.31. The molecule has 0 aliphatic heterocycles. The first kappa shape index (κ1) is 24.3. The maximum Gasteiger partial charge on any atom is 0.407 e. The zero-order chi connectivity index (χ0) is 24.0. The maximum absolute atomic E-state index is 12.7. The van der Waals surface area contributed by atoms with E-state index in [-0.39, 0.29) is 18.4 Å². The number of fused-ring (bicyclic) bond motifs is 3. The summed E-state index contributed by atoms with van der Waals surface area (Å²) in [5.41, 5.74) is 4.48. The lowest BCUT2D eigenvalue weighted by Gasteiger charge is -2.22. The molecule has 1 unspecified atom stereocenters. The summed E-state index contributed by atoms with van der Waals surface area (Å²) in [6.07, 6.45) is 0.639. The van der Waals surface area contributed by atoms with Gasteiger partial charge in [0.25, 0.3) is 0 Å². The summed E-state index contributed by atoms with van der Waals surface area (Å²) >= 11 is 0. The monoisotopic (exact) mass is 452 g/mol. The molecule has 33 heavy (non-hydrogen) atoms. The van der Waals surface area contributed by atoms with Crippen LogP contribution in [0.5, 0.6) is 0 Å². The van der Waals surface area contributed by atoms with Gasteiger partial charge in [0.1, 0.15) is 18.7 Å². The van der Waals surface area contributed by atoms with Crippen LogP contribution in [0.25, 0.3) is 11.1 Å². The van der Waals surface area contributed by atoms with Crippen LogP contribution in [0.3, 0.4) is 0 Å². The first-order valence-electron chi connectivity index (χ1n) is 11.5. The third-order valence-electron chi connectivity index (χ3n) is 5.85. The van der Waals surface area contributed by atoms with Crippen molar-refractivity contribution in [2.45, 2.75) is 58.0 Å². The van der Waals surface area contributed by atoms with E-state index in [9.17, 15) is 19.5 Å². The normalized spacial score (nSPS) is 14.2. The topological polar surface area (TPSA) is 105 Å². The number of rotatable bonds is 10. The van der Waals surface area contributed by atoms with Gasteiger partial charge in [-0.25, -0.2) is 9.59 Å². The fourth-order valence-corrected chi connectivity index (χ4v) is 4.31. The number of nitrogens with one attached hydrogen (secondary N) is 2. The Bertz CT molecular complexity index is 958. The van der Waals surface area contributed by atoms with Gasteiger partial charge in [-0.3, -0.25) is 4.79 Å². The van der Waals surface area contributed by atoms with E-state index in [2.05, 4.69) is 22.8 Å². The highest BCUT2D eigenvalue weighted by molar-refractivity contribution is 5.89. The Labute approximate surface area is 194 Å². The van der Waals surface area contributed by atoms with Gasteiger partial charge in [0.15, 0.2) is 0 Å². The van der Waals surface area contributed by atoms with Crippen LogP contribution in [-0.4, -0.2) is 41.8 Å².